The summed E-state index contributed by atoms with van der Waals surface area (Å²) in [5.74, 6) is -0.297. The van der Waals surface area contributed by atoms with Gasteiger partial charge < -0.3 is 10.2 Å². The summed E-state index contributed by atoms with van der Waals surface area (Å²) in [7, 11) is 3.31. The first-order chi connectivity index (χ1) is 11.7. The lowest BCUT2D eigenvalue weighted by Crippen LogP contribution is -2.42. The predicted molar refractivity (Wildman–Crippen MR) is 92.4 cm³/mol. The van der Waals surface area contributed by atoms with Crippen molar-refractivity contribution in [1.29, 1.82) is 0 Å². The summed E-state index contributed by atoms with van der Waals surface area (Å²) in [6, 6.07) is 13.6. The van der Waals surface area contributed by atoms with E-state index in [2.05, 4.69) is 5.32 Å². The predicted octanol–water partition coefficient (Wildman–Crippen LogP) is 4.38. The Kier molecular flexibility index (Phi) is 5.72. The Morgan fingerprint density at radius 1 is 1.00 bits per heavy atom. The highest BCUT2D eigenvalue weighted by Gasteiger charge is 2.31. The monoisotopic (exact) mass is 350 g/mol. The van der Waals surface area contributed by atoms with Gasteiger partial charge in [-0.05, 0) is 29.8 Å². The van der Waals surface area contributed by atoms with E-state index in [-0.39, 0.29) is 11.8 Å². The van der Waals surface area contributed by atoms with E-state index in [1.807, 2.05) is 37.3 Å². The van der Waals surface area contributed by atoms with Crippen molar-refractivity contribution in [3.63, 3.8) is 0 Å². The van der Waals surface area contributed by atoms with E-state index in [0.29, 0.717) is 5.69 Å². The lowest BCUT2D eigenvalue weighted by Gasteiger charge is -2.28. The Labute approximate surface area is 145 Å². The Bertz CT molecular complexity index is 697. The number of rotatable bonds is 5. The average Bonchev–Trinajstić information content (AvgIpc) is 2.59. The molecule has 2 atom stereocenters. The van der Waals surface area contributed by atoms with E-state index < -0.39 is 17.8 Å². The summed E-state index contributed by atoms with van der Waals surface area (Å²) < 4.78 is 38.1. The Balaban J connectivity index is 2.26. The molecule has 0 aliphatic carbocycles. The number of anilines is 1. The number of benzene rings is 2. The molecule has 6 heteroatoms. The summed E-state index contributed by atoms with van der Waals surface area (Å²) in [5, 5.41) is 3.08. The Morgan fingerprint density at radius 2 is 1.56 bits per heavy atom. The number of halogens is 3. The number of likely N-dealkylation sites (N-methyl/N-ethyl adjacent to an activating group) is 1. The number of alkyl halides is 3. The third kappa shape index (κ3) is 4.75. The molecule has 0 bridgehead atoms. The molecule has 3 nitrogen and oxygen atoms in total. The smallest absolute Gasteiger partial charge is 0.373 e. The van der Waals surface area contributed by atoms with E-state index in [4.69, 9.17) is 0 Å². The molecule has 0 aliphatic rings. The van der Waals surface area contributed by atoms with Crippen LogP contribution in [-0.2, 0) is 11.0 Å². The maximum Gasteiger partial charge on any atom is 0.416 e. The number of nitrogens with one attached hydrogen (secondary N) is 1. The van der Waals surface area contributed by atoms with Crippen molar-refractivity contribution in [3.8, 4) is 0 Å². The first-order valence-electron chi connectivity index (χ1n) is 7.90. The maximum absolute atomic E-state index is 12.7. The molecule has 25 heavy (non-hydrogen) atoms. The number of carbonyl (C=O) groups excluding carboxylic acids is 1. The van der Waals surface area contributed by atoms with Gasteiger partial charge in [0.05, 0.1) is 5.56 Å². The zero-order valence-electron chi connectivity index (χ0n) is 14.3. The van der Waals surface area contributed by atoms with Crippen LogP contribution in [-0.4, -0.2) is 30.9 Å². The molecule has 0 saturated heterocycles. The van der Waals surface area contributed by atoms with Gasteiger partial charge in [-0.3, -0.25) is 4.79 Å². The minimum absolute atomic E-state index is 0.142. The highest BCUT2D eigenvalue weighted by molar-refractivity contribution is 5.85. The van der Waals surface area contributed by atoms with Crippen LogP contribution in [0.4, 0.5) is 18.9 Å². The Morgan fingerprint density at radius 3 is 2.04 bits per heavy atom. The van der Waals surface area contributed by atoms with Gasteiger partial charge in [0.25, 0.3) is 0 Å². The molecular weight excluding hydrogens is 329 g/mol. The molecule has 2 unspecified atom stereocenters. The summed E-state index contributed by atoms with van der Waals surface area (Å²) in [4.78, 5) is 14.0. The van der Waals surface area contributed by atoms with Crippen LogP contribution in [0.2, 0.25) is 0 Å². The van der Waals surface area contributed by atoms with Crippen LogP contribution in [0.5, 0.6) is 0 Å². The molecule has 0 aromatic heterocycles. The quantitative estimate of drug-likeness (QED) is 0.868. The van der Waals surface area contributed by atoms with Crippen LogP contribution in [0.25, 0.3) is 0 Å². The van der Waals surface area contributed by atoms with E-state index in [9.17, 15) is 18.0 Å². The molecule has 0 radical (unpaired) electrons. The van der Waals surface area contributed by atoms with E-state index >= 15 is 0 Å². The summed E-state index contributed by atoms with van der Waals surface area (Å²) in [6.07, 6.45) is -4.38. The van der Waals surface area contributed by atoms with Crippen molar-refractivity contribution in [2.45, 2.75) is 25.1 Å². The number of nitrogens with zero attached hydrogens (tertiary/aromatic N) is 1. The van der Waals surface area contributed by atoms with Crippen molar-refractivity contribution < 1.29 is 18.0 Å². The normalized spacial score (nSPS) is 13.8. The summed E-state index contributed by atoms with van der Waals surface area (Å²) in [6.45, 7) is 1.92. The molecule has 0 fully saturated rings. The van der Waals surface area contributed by atoms with Crippen molar-refractivity contribution in [2.24, 2.45) is 0 Å². The molecule has 0 heterocycles. The first-order valence-corrected chi connectivity index (χ1v) is 7.90. The van der Waals surface area contributed by atoms with Gasteiger partial charge in [-0.1, -0.05) is 37.3 Å². The topological polar surface area (TPSA) is 32.3 Å². The van der Waals surface area contributed by atoms with Gasteiger partial charge in [-0.15, -0.1) is 0 Å². The van der Waals surface area contributed by atoms with Crippen LogP contribution >= 0.6 is 0 Å². The van der Waals surface area contributed by atoms with Gasteiger partial charge in [-0.25, -0.2) is 0 Å². The maximum atomic E-state index is 12.7. The zero-order valence-corrected chi connectivity index (χ0v) is 14.3. The van der Waals surface area contributed by atoms with Gasteiger partial charge in [0.1, 0.15) is 6.04 Å². The number of hydrogen-bond donors (Lipinski definition) is 1. The van der Waals surface area contributed by atoms with Gasteiger partial charge in [-0.2, -0.15) is 13.2 Å². The van der Waals surface area contributed by atoms with Crippen LogP contribution < -0.4 is 5.32 Å². The molecule has 1 amide bonds. The van der Waals surface area contributed by atoms with Crippen LogP contribution in [0.3, 0.4) is 0 Å². The SMILES string of the molecule is CC(c1ccccc1)C(Nc1ccc(C(F)(F)F)cc1)C(=O)N(C)C. The fraction of sp³-hybridized carbons (Fsp3) is 0.316. The molecule has 0 aliphatic heterocycles. The average molecular weight is 350 g/mol. The fourth-order valence-electron chi connectivity index (χ4n) is 2.56. The van der Waals surface area contributed by atoms with E-state index in [0.717, 1.165) is 17.7 Å². The zero-order chi connectivity index (χ0) is 18.6. The molecule has 2 aromatic carbocycles. The third-order valence-corrected chi connectivity index (χ3v) is 4.07. The molecule has 2 aromatic rings. The second-order valence-corrected chi connectivity index (χ2v) is 6.13. The molecular formula is C19H21F3N2O. The summed E-state index contributed by atoms with van der Waals surface area (Å²) in [5.41, 5.74) is 0.725. The first kappa shape index (κ1) is 18.8. The minimum Gasteiger partial charge on any atom is -0.373 e. The molecule has 0 saturated carbocycles. The van der Waals surface area contributed by atoms with Crippen molar-refractivity contribution >= 4 is 11.6 Å². The van der Waals surface area contributed by atoms with Gasteiger partial charge >= 0.3 is 6.18 Å². The summed E-state index contributed by atoms with van der Waals surface area (Å²) >= 11 is 0. The second-order valence-electron chi connectivity index (χ2n) is 6.13. The minimum atomic E-state index is -4.38. The third-order valence-electron chi connectivity index (χ3n) is 4.07. The van der Waals surface area contributed by atoms with Crippen molar-refractivity contribution in [1.82, 2.24) is 4.90 Å². The molecule has 2 rings (SSSR count). The standard InChI is InChI=1S/C19H21F3N2O/c1-13(14-7-5-4-6-8-14)17(18(25)24(2)3)23-16-11-9-15(10-12-16)19(20,21)22/h4-13,17,23H,1-3H3. The van der Waals surface area contributed by atoms with E-state index in [1.54, 1.807) is 14.1 Å². The number of amides is 1. The highest BCUT2D eigenvalue weighted by atomic mass is 19.4. The molecule has 0 spiro atoms. The van der Waals surface area contributed by atoms with Gasteiger partial charge in [0, 0.05) is 25.7 Å². The molecule has 134 valence electrons. The van der Waals surface area contributed by atoms with E-state index in [1.165, 1.54) is 17.0 Å². The lowest BCUT2D eigenvalue weighted by atomic mass is 9.92. The molecule has 1 N–H and O–H groups in total. The Hall–Kier alpha value is -2.50. The number of carbonyl (C=O) groups is 1. The van der Waals surface area contributed by atoms with Crippen molar-refractivity contribution in [2.75, 3.05) is 19.4 Å². The fourth-order valence-corrected chi connectivity index (χ4v) is 2.56. The second kappa shape index (κ2) is 7.59. The van der Waals surface area contributed by atoms with Gasteiger partial charge in [0.15, 0.2) is 0 Å². The lowest BCUT2D eigenvalue weighted by molar-refractivity contribution is -0.137. The largest absolute Gasteiger partial charge is 0.416 e. The van der Waals surface area contributed by atoms with Crippen LogP contribution in [0.1, 0.15) is 24.0 Å². The van der Waals surface area contributed by atoms with Crippen molar-refractivity contribution in [3.05, 3.63) is 65.7 Å². The number of hydrogen-bond acceptors (Lipinski definition) is 2. The van der Waals surface area contributed by atoms with Gasteiger partial charge in [0.2, 0.25) is 5.91 Å². The van der Waals surface area contributed by atoms with Crippen LogP contribution in [0, 0.1) is 0 Å². The highest BCUT2D eigenvalue weighted by Crippen LogP contribution is 2.30. The van der Waals surface area contributed by atoms with Crippen LogP contribution in [0.15, 0.2) is 54.6 Å².